The fourth-order valence-corrected chi connectivity index (χ4v) is 3.05. The van der Waals surface area contributed by atoms with Crippen LogP contribution in [0.5, 0.6) is 0 Å². The van der Waals surface area contributed by atoms with Crippen molar-refractivity contribution in [2.24, 2.45) is 5.41 Å². The molecule has 1 heteroatoms. The average molecular weight is 214 g/mol. The lowest BCUT2D eigenvalue weighted by atomic mass is 9.69. The summed E-state index contributed by atoms with van der Waals surface area (Å²) in [5.41, 5.74) is 3.99. The molecule has 0 saturated heterocycles. The van der Waals surface area contributed by atoms with Crippen LogP contribution >= 0.6 is 0 Å². The first-order chi connectivity index (χ1) is 7.46. The van der Waals surface area contributed by atoms with E-state index in [2.05, 4.69) is 58.0 Å². The van der Waals surface area contributed by atoms with E-state index in [9.17, 15) is 0 Å². The molecule has 2 heterocycles. The lowest BCUT2D eigenvalue weighted by Gasteiger charge is -2.38. The largest absolute Gasteiger partial charge is 0.354 e. The Balaban J connectivity index is 2.30. The highest BCUT2D eigenvalue weighted by molar-refractivity contribution is 5.52. The van der Waals surface area contributed by atoms with Gasteiger partial charge in [-0.15, -0.1) is 0 Å². The van der Waals surface area contributed by atoms with Gasteiger partial charge in [0.2, 0.25) is 0 Å². The summed E-state index contributed by atoms with van der Waals surface area (Å²) in [6.07, 6.45) is 4.63. The van der Waals surface area contributed by atoms with Gasteiger partial charge in [0.05, 0.1) is 0 Å². The summed E-state index contributed by atoms with van der Waals surface area (Å²) in [4.78, 5) is 0. The molecule has 16 heavy (non-hydrogen) atoms. The van der Waals surface area contributed by atoms with Crippen LogP contribution in [0.15, 0.2) is 30.4 Å². The number of hydrogen-bond acceptors (Lipinski definition) is 1. The van der Waals surface area contributed by atoms with Crippen LogP contribution in [0.3, 0.4) is 0 Å². The maximum Gasteiger partial charge on any atom is 0.118 e. The van der Waals surface area contributed by atoms with Crippen molar-refractivity contribution < 1.29 is 4.74 Å². The third-order valence-corrected chi connectivity index (χ3v) is 3.92. The van der Waals surface area contributed by atoms with E-state index in [0.29, 0.717) is 0 Å². The zero-order valence-corrected chi connectivity index (χ0v) is 10.4. The Morgan fingerprint density at radius 2 is 2.00 bits per heavy atom. The standard InChI is InChI=1S/C15H18O/c1-10-6-5-7-11-12-8-9-15(16-12,13(10)11)14(2,3)4/h5-9,12H,1-4H3. The number of aryl methyl sites for hydroxylation is 1. The van der Waals surface area contributed by atoms with Crippen LogP contribution in [0.2, 0.25) is 0 Å². The van der Waals surface area contributed by atoms with Crippen LogP contribution in [0, 0.1) is 12.3 Å². The predicted octanol–water partition coefficient (Wildman–Crippen LogP) is 3.88. The molecule has 2 aliphatic rings. The van der Waals surface area contributed by atoms with E-state index in [0.717, 1.165) is 0 Å². The SMILES string of the molecule is Cc1cccc2c1C1(C(C)(C)C)C=CC2O1. The second kappa shape index (κ2) is 2.78. The predicted molar refractivity (Wildman–Crippen MR) is 65.3 cm³/mol. The summed E-state index contributed by atoms with van der Waals surface area (Å²) in [5, 5.41) is 0. The molecule has 0 amide bonds. The molecule has 84 valence electrons. The maximum atomic E-state index is 6.26. The molecule has 0 fully saturated rings. The van der Waals surface area contributed by atoms with Gasteiger partial charge in [-0.3, -0.25) is 0 Å². The Labute approximate surface area is 97.1 Å². The smallest absolute Gasteiger partial charge is 0.118 e. The molecule has 0 aliphatic carbocycles. The number of hydrogen-bond donors (Lipinski definition) is 0. The summed E-state index contributed by atoms with van der Waals surface area (Å²) in [7, 11) is 0. The number of benzene rings is 1. The van der Waals surface area contributed by atoms with Gasteiger partial charge in [0, 0.05) is 0 Å². The topological polar surface area (TPSA) is 9.23 Å². The maximum absolute atomic E-state index is 6.26. The monoisotopic (exact) mass is 214 g/mol. The first kappa shape index (κ1) is 10.1. The lowest BCUT2D eigenvalue weighted by molar-refractivity contribution is -0.0755. The summed E-state index contributed by atoms with van der Waals surface area (Å²) in [6, 6.07) is 6.51. The zero-order chi connectivity index (χ0) is 11.6. The van der Waals surface area contributed by atoms with Gasteiger partial charge in [-0.25, -0.2) is 0 Å². The van der Waals surface area contributed by atoms with Crippen molar-refractivity contribution in [2.45, 2.75) is 39.4 Å². The molecule has 3 rings (SSSR count). The van der Waals surface area contributed by atoms with E-state index in [1.54, 1.807) is 0 Å². The fourth-order valence-electron chi connectivity index (χ4n) is 3.05. The number of rotatable bonds is 0. The van der Waals surface area contributed by atoms with Crippen LogP contribution in [0.1, 0.15) is 43.6 Å². The van der Waals surface area contributed by atoms with Crippen LogP contribution in [0.25, 0.3) is 0 Å². The molecule has 0 N–H and O–H groups in total. The van der Waals surface area contributed by atoms with Crippen LogP contribution in [0.4, 0.5) is 0 Å². The molecule has 2 atom stereocenters. The molecule has 1 nitrogen and oxygen atoms in total. The van der Waals surface area contributed by atoms with Crippen LogP contribution < -0.4 is 0 Å². The van der Waals surface area contributed by atoms with Gasteiger partial charge >= 0.3 is 0 Å². The van der Waals surface area contributed by atoms with Crippen LogP contribution in [-0.2, 0) is 10.3 Å². The van der Waals surface area contributed by atoms with Crippen molar-refractivity contribution in [1.29, 1.82) is 0 Å². The van der Waals surface area contributed by atoms with Gasteiger partial charge in [0.1, 0.15) is 11.7 Å². The fraction of sp³-hybridized carbons (Fsp3) is 0.467. The zero-order valence-electron chi connectivity index (χ0n) is 10.4. The minimum atomic E-state index is -0.210. The van der Waals surface area contributed by atoms with Crippen molar-refractivity contribution in [1.82, 2.24) is 0 Å². The van der Waals surface area contributed by atoms with Crippen molar-refractivity contribution in [3.63, 3.8) is 0 Å². The molecule has 1 aromatic carbocycles. The first-order valence-electron chi connectivity index (χ1n) is 5.93. The third kappa shape index (κ3) is 0.997. The molecule has 0 radical (unpaired) electrons. The van der Waals surface area contributed by atoms with E-state index < -0.39 is 0 Å². The Bertz CT molecular complexity index is 479. The van der Waals surface area contributed by atoms with E-state index >= 15 is 0 Å². The number of fused-ring (bicyclic) bond motifs is 5. The molecule has 0 saturated carbocycles. The Kier molecular flexibility index (Phi) is 1.75. The van der Waals surface area contributed by atoms with Gasteiger partial charge in [0.15, 0.2) is 0 Å². The molecule has 1 aromatic rings. The van der Waals surface area contributed by atoms with E-state index in [-0.39, 0.29) is 17.1 Å². The highest BCUT2D eigenvalue weighted by atomic mass is 16.5. The van der Waals surface area contributed by atoms with Gasteiger partial charge in [-0.05, 0) is 35.1 Å². The van der Waals surface area contributed by atoms with E-state index in [4.69, 9.17) is 4.74 Å². The Morgan fingerprint density at radius 1 is 1.25 bits per heavy atom. The Hall–Kier alpha value is -1.08. The minimum absolute atomic E-state index is 0.0929. The van der Waals surface area contributed by atoms with Crippen LogP contribution in [-0.4, -0.2) is 0 Å². The number of ether oxygens (including phenoxy) is 1. The van der Waals surface area contributed by atoms with Gasteiger partial charge < -0.3 is 4.74 Å². The molecule has 2 aliphatic heterocycles. The third-order valence-electron chi connectivity index (χ3n) is 3.92. The highest BCUT2D eigenvalue weighted by Gasteiger charge is 2.54. The summed E-state index contributed by atoms with van der Waals surface area (Å²) >= 11 is 0. The summed E-state index contributed by atoms with van der Waals surface area (Å²) in [6.45, 7) is 8.94. The van der Waals surface area contributed by atoms with Crippen molar-refractivity contribution in [3.8, 4) is 0 Å². The minimum Gasteiger partial charge on any atom is -0.354 e. The lowest BCUT2D eigenvalue weighted by Crippen LogP contribution is -2.37. The van der Waals surface area contributed by atoms with Crippen molar-refractivity contribution in [3.05, 3.63) is 47.0 Å². The molecule has 0 spiro atoms. The summed E-state index contributed by atoms with van der Waals surface area (Å²) < 4.78 is 6.26. The second-order valence-corrected chi connectivity index (χ2v) is 5.92. The molecule has 2 unspecified atom stereocenters. The van der Waals surface area contributed by atoms with E-state index in [1.165, 1.54) is 16.7 Å². The van der Waals surface area contributed by atoms with Gasteiger partial charge in [-0.2, -0.15) is 0 Å². The summed E-state index contributed by atoms with van der Waals surface area (Å²) in [5.74, 6) is 0. The molecule has 2 bridgehead atoms. The highest BCUT2D eigenvalue weighted by Crippen LogP contribution is 2.58. The normalized spacial score (nSPS) is 30.9. The average Bonchev–Trinajstić information content (AvgIpc) is 2.74. The van der Waals surface area contributed by atoms with Crippen molar-refractivity contribution in [2.75, 3.05) is 0 Å². The molecular weight excluding hydrogens is 196 g/mol. The van der Waals surface area contributed by atoms with E-state index in [1.807, 2.05) is 0 Å². The molecular formula is C15H18O. The van der Waals surface area contributed by atoms with Crippen molar-refractivity contribution >= 4 is 0 Å². The first-order valence-corrected chi connectivity index (χ1v) is 5.93. The Morgan fingerprint density at radius 3 is 2.69 bits per heavy atom. The van der Waals surface area contributed by atoms with Gasteiger partial charge in [0.25, 0.3) is 0 Å². The molecule has 0 aromatic heterocycles. The quantitative estimate of drug-likeness (QED) is 0.595. The second-order valence-electron chi connectivity index (χ2n) is 5.92. The van der Waals surface area contributed by atoms with Gasteiger partial charge in [-0.1, -0.05) is 45.0 Å².